The van der Waals surface area contributed by atoms with E-state index in [0.717, 1.165) is 85.6 Å². The summed E-state index contributed by atoms with van der Waals surface area (Å²) >= 11 is 6.59. The Morgan fingerprint density at radius 3 is 2.56 bits per heavy atom. The van der Waals surface area contributed by atoms with Gasteiger partial charge >= 0.3 is 0 Å². The number of nitrogens with zero attached hydrogens (tertiary/aromatic N) is 4. The van der Waals surface area contributed by atoms with Crippen molar-refractivity contribution in [3.8, 4) is 11.3 Å². The summed E-state index contributed by atoms with van der Waals surface area (Å²) in [7, 11) is -3.42. The maximum Gasteiger partial charge on any atom is 0.222 e. The van der Waals surface area contributed by atoms with Gasteiger partial charge in [0.2, 0.25) is 15.9 Å². The number of rotatable bonds is 10. The quantitative estimate of drug-likeness (QED) is 0.327. The summed E-state index contributed by atoms with van der Waals surface area (Å²) in [6, 6.07) is 16.0. The Morgan fingerprint density at radius 1 is 1.05 bits per heavy atom. The number of halogens is 1. The molecule has 3 aliphatic rings. The van der Waals surface area contributed by atoms with Crippen molar-refractivity contribution in [2.75, 3.05) is 44.3 Å². The molecule has 2 fully saturated rings. The van der Waals surface area contributed by atoms with Crippen molar-refractivity contribution in [2.45, 2.75) is 63.6 Å². The van der Waals surface area contributed by atoms with Gasteiger partial charge in [0.05, 0.1) is 18.0 Å². The molecule has 0 bridgehead atoms. The van der Waals surface area contributed by atoms with Crippen LogP contribution in [-0.4, -0.2) is 83.6 Å². The smallest absolute Gasteiger partial charge is 0.222 e. The number of H-pyrrole nitrogens is 1. The Hall–Kier alpha value is -2.92. The second-order valence-electron chi connectivity index (χ2n) is 12.0. The van der Waals surface area contributed by atoms with Crippen LogP contribution in [0.1, 0.15) is 61.4 Å². The molecule has 6 rings (SSSR count). The van der Waals surface area contributed by atoms with Crippen molar-refractivity contribution in [1.29, 1.82) is 0 Å². The third kappa shape index (κ3) is 6.77. The molecule has 1 aromatic heterocycles. The maximum atomic E-state index is 13.0. The number of hydrogen-bond acceptors (Lipinski definition) is 6. The molecule has 0 saturated carbocycles. The summed E-state index contributed by atoms with van der Waals surface area (Å²) in [6.07, 6.45) is 7.20. The van der Waals surface area contributed by atoms with Crippen LogP contribution < -0.4 is 5.32 Å². The minimum absolute atomic E-state index is 0.283. The SMILES string of the molecule is CS(=O)(=O)N1CCc2[nH]nc(-c3ccc(Cl)c(CNc4ccccc4)c3)c2C1CCCN1CCC(N2CCCC2=O)CC1. The Kier molecular flexibility index (Phi) is 9.09. The lowest BCUT2D eigenvalue weighted by atomic mass is 9.91. The van der Waals surface area contributed by atoms with Crippen molar-refractivity contribution < 1.29 is 13.2 Å². The lowest BCUT2D eigenvalue weighted by molar-refractivity contribution is -0.130. The van der Waals surface area contributed by atoms with E-state index in [0.29, 0.717) is 49.3 Å². The fourth-order valence-electron chi connectivity index (χ4n) is 6.99. The lowest BCUT2D eigenvalue weighted by Gasteiger charge is -2.37. The molecule has 230 valence electrons. The molecule has 2 saturated heterocycles. The minimum atomic E-state index is -3.42. The molecule has 0 spiro atoms. The highest BCUT2D eigenvalue weighted by molar-refractivity contribution is 7.88. The summed E-state index contributed by atoms with van der Waals surface area (Å²) in [5.41, 5.74) is 5.67. The number of amides is 1. The second kappa shape index (κ2) is 13.0. The van der Waals surface area contributed by atoms with Crippen LogP contribution in [0, 0.1) is 0 Å². The van der Waals surface area contributed by atoms with Gasteiger partial charge < -0.3 is 15.1 Å². The van der Waals surface area contributed by atoms with Crippen molar-refractivity contribution in [2.24, 2.45) is 0 Å². The normalized spacial score (nSPS) is 20.5. The third-order valence-electron chi connectivity index (χ3n) is 9.21. The van der Waals surface area contributed by atoms with Crippen molar-refractivity contribution in [1.82, 2.24) is 24.3 Å². The largest absolute Gasteiger partial charge is 0.381 e. The number of aromatic amines is 1. The first-order valence-electron chi connectivity index (χ1n) is 15.4. The van der Waals surface area contributed by atoms with E-state index in [-0.39, 0.29) is 6.04 Å². The van der Waals surface area contributed by atoms with Gasteiger partial charge in [-0.25, -0.2) is 8.42 Å². The van der Waals surface area contributed by atoms with Gasteiger partial charge in [-0.1, -0.05) is 35.9 Å². The number of carbonyl (C=O) groups excluding carboxylic acids is 1. The van der Waals surface area contributed by atoms with Gasteiger partial charge in [0.15, 0.2) is 0 Å². The molecule has 9 nitrogen and oxygen atoms in total. The summed E-state index contributed by atoms with van der Waals surface area (Å²) in [6.45, 7) is 4.77. The highest BCUT2D eigenvalue weighted by Crippen LogP contribution is 2.40. The van der Waals surface area contributed by atoms with Crippen molar-refractivity contribution in [3.05, 3.63) is 70.4 Å². The number of carbonyl (C=O) groups is 1. The Morgan fingerprint density at radius 2 is 1.84 bits per heavy atom. The van der Waals surface area contributed by atoms with Gasteiger partial charge in [-0.05, 0) is 68.5 Å². The van der Waals surface area contributed by atoms with Crippen LogP contribution in [0.3, 0.4) is 0 Å². The predicted octanol–water partition coefficient (Wildman–Crippen LogP) is 5.07. The van der Waals surface area contributed by atoms with Crippen molar-refractivity contribution in [3.63, 3.8) is 0 Å². The van der Waals surface area contributed by atoms with Crippen LogP contribution in [-0.2, 0) is 27.8 Å². The first-order valence-corrected chi connectivity index (χ1v) is 17.6. The van der Waals surface area contributed by atoms with E-state index in [2.05, 4.69) is 26.3 Å². The van der Waals surface area contributed by atoms with Crippen molar-refractivity contribution >= 4 is 33.2 Å². The molecule has 11 heteroatoms. The van der Waals surface area contributed by atoms with E-state index in [1.807, 2.05) is 42.5 Å². The zero-order valence-electron chi connectivity index (χ0n) is 24.8. The number of hydrogen-bond donors (Lipinski definition) is 2. The minimum Gasteiger partial charge on any atom is -0.381 e. The Labute approximate surface area is 259 Å². The fourth-order valence-corrected chi connectivity index (χ4v) is 8.27. The van der Waals surface area contributed by atoms with Gasteiger partial charge in [-0.3, -0.25) is 9.89 Å². The van der Waals surface area contributed by atoms with Crippen LogP contribution in [0.15, 0.2) is 48.5 Å². The zero-order chi connectivity index (χ0) is 30.0. The standard InChI is InChI=1S/C32H41ClN6O3S/c1-43(41,42)39-20-15-28-31(29(39)9-5-16-37-18-13-26(14-19-37)38-17-6-10-30(38)40)32(36-35-28)23-11-12-27(33)24(21-23)22-34-25-7-3-2-4-8-25/h2-4,7-8,11-12,21,26,29,34H,5-6,9-10,13-20,22H2,1H3,(H,35,36). The first-order chi connectivity index (χ1) is 20.8. The molecule has 4 heterocycles. The number of aromatic nitrogens is 2. The second-order valence-corrected chi connectivity index (χ2v) is 14.4. The number of benzene rings is 2. The number of piperidine rings is 1. The van der Waals surface area contributed by atoms with E-state index in [4.69, 9.17) is 16.7 Å². The van der Waals surface area contributed by atoms with E-state index in [1.165, 1.54) is 6.26 Å². The molecule has 1 unspecified atom stereocenters. The van der Waals surface area contributed by atoms with Crippen LogP contribution in [0.4, 0.5) is 5.69 Å². The highest BCUT2D eigenvalue weighted by atomic mass is 35.5. The van der Waals surface area contributed by atoms with Gasteiger partial charge in [0.25, 0.3) is 0 Å². The molecule has 43 heavy (non-hydrogen) atoms. The molecule has 2 N–H and O–H groups in total. The first kappa shape index (κ1) is 30.1. The number of nitrogens with one attached hydrogen (secondary N) is 2. The van der Waals surface area contributed by atoms with Gasteiger partial charge in [-0.2, -0.15) is 9.40 Å². The van der Waals surface area contributed by atoms with E-state index in [1.54, 1.807) is 4.31 Å². The number of anilines is 1. The lowest BCUT2D eigenvalue weighted by Crippen LogP contribution is -2.45. The molecule has 3 aliphatic heterocycles. The highest BCUT2D eigenvalue weighted by Gasteiger charge is 2.37. The molecular weight excluding hydrogens is 584 g/mol. The van der Waals surface area contributed by atoms with Crippen LogP contribution in [0.25, 0.3) is 11.3 Å². The summed E-state index contributed by atoms with van der Waals surface area (Å²) in [4.78, 5) is 16.7. The average molecular weight is 625 g/mol. The van der Waals surface area contributed by atoms with E-state index in [9.17, 15) is 13.2 Å². The molecular formula is C32H41ClN6O3S. The molecule has 0 radical (unpaired) electrons. The average Bonchev–Trinajstić information content (AvgIpc) is 3.64. The van der Waals surface area contributed by atoms with Gasteiger partial charge in [0, 0.05) is 79.1 Å². The van der Waals surface area contributed by atoms with Crippen LogP contribution >= 0.6 is 11.6 Å². The van der Waals surface area contributed by atoms with Gasteiger partial charge in [0.1, 0.15) is 0 Å². The third-order valence-corrected chi connectivity index (χ3v) is 10.9. The van der Waals surface area contributed by atoms with Crippen LogP contribution in [0.5, 0.6) is 0 Å². The molecule has 1 amide bonds. The number of para-hydroxylation sites is 1. The number of sulfonamides is 1. The maximum absolute atomic E-state index is 13.0. The molecule has 2 aromatic carbocycles. The number of likely N-dealkylation sites (tertiary alicyclic amines) is 2. The van der Waals surface area contributed by atoms with Crippen LogP contribution in [0.2, 0.25) is 5.02 Å². The molecule has 0 aliphatic carbocycles. The number of fused-ring (bicyclic) bond motifs is 1. The topological polar surface area (TPSA) is 102 Å². The fraction of sp³-hybridized carbons (Fsp3) is 0.500. The summed E-state index contributed by atoms with van der Waals surface area (Å²) < 4.78 is 27.6. The summed E-state index contributed by atoms with van der Waals surface area (Å²) in [5.74, 6) is 0.309. The Bertz CT molecular complexity index is 1540. The molecule has 3 aromatic rings. The summed E-state index contributed by atoms with van der Waals surface area (Å²) in [5, 5.41) is 12.1. The monoisotopic (exact) mass is 624 g/mol. The predicted molar refractivity (Wildman–Crippen MR) is 170 cm³/mol. The molecule has 1 atom stereocenters. The van der Waals surface area contributed by atoms with Gasteiger partial charge in [-0.15, -0.1) is 0 Å². The zero-order valence-corrected chi connectivity index (χ0v) is 26.3. The Balaban J connectivity index is 1.17. The van der Waals surface area contributed by atoms with E-state index >= 15 is 0 Å². The van der Waals surface area contributed by atoms with E-state index < -0.39 is 10.0 Å².